The van der Waals surface area contributed by atoms with Crippen molar-refractivity contribution in [3.8, 4) is 5.75 Å². The van der Waals surface area contributed by atoms with Crippen LogP contribution in [0.5, 0.6) is 5.75 Å². The maximum absolute atomic E-state index is 12.3. The largest absolute Gasteiger partial charge is 0.508 e. The lowest BCUT2D eigenvalue weighted by Crippen LogP contribution is -2.07. The second-order valence-electron chi connectivity index (χ2n) is 4.01. The van der Waals surface area contributed by atoms with E-state index in [9.17, 15) is 9.90 Å². The van der Waals surface area contributed by atoms with Gasteiger partial charge in [-0.05, 0) is 31.2 Å². The van der Waals surface area contributed by atoms with Crippen LogP contribution in [-0.4, -0.2) is 10.9 Å². The Morgan fingerprint density at radius 3 is 2.67 bits per heavy atom. The van der Waals surface area contributed by atoms with Crippen LogP contribution in [0.2, 0.25) is 5.02 Å². The molecule has 18 heavy (non-hydrogen) atoms. The van der Waals surface area contributed by atoms with Gasteiger partial charge in [0.25, 0.3) is 0 Å². The normalized spacial score (nSPS) is 10.3. The Bertz CT molecular complexity index is 619. The quantitative estimate of drug-likeness (QED) is 0.645. The molecule has 0 fully saturated rings. The summed E-state index contributed by atoms with van der Waals surface area (Å²) < 4.78 is 0. The average molecular weight is 262 g/mol. The molecular weight excluding hydrogens is 250 g/mol. The molecule has 0 saturated carbocycles. The second kappa shape index (κ2) is 4.70. The number of hydrogen-bond donors (Lipinski definition) is 2. The molecular formula is C14H12ClNO2. The third kappa shape index (κ3) is 2.17. The SMILES string of the molecule is Cc1c(O)cccc1C(=O)c1cc(Cl)ccc1N. The first kappa shape index (κ1) is 12.5. The van der Waals surface area contributed by atoms with E-state index in [0.29, 0.717) is 27.4 Å². The molecule has 0 spiro atoms. The lowest BCUT2D eigenvalue weighted by molar-refractivity contribution is 0.103. The first-order chi connectivity index (χ1) is 8.50. The Labute approximate surface area is 110 Å². The summed E-state index contributed by atoms with van der Waals surface area (Å²) in [5.74, 6) is -0.162. The molecule has 0 atom stereocenters. The van der Waals surface area contributed by atoms with E-state index in [4.69, 9.17) is 17.3 Å². The van der Waals surface area contributed by atoms with Crippen molar-refractivity contribution in [3.63, 3.8) is 0 Å². The number of nitrogen functional groups attached to an aromatic ring is 1. The third-order valence-corrected chi connectivity index (χ3v) is 3.04. The van der Waals surface area contributed by atoms with Crippen LogP contribution < -0.4 is 5.73 Å². The summed E-state index contributed by atoms with van der Waals surface area (Å²) in [4.78, 5) is 12.3. The van der Waals surface area contributed by atoms with E-state index >= 15 is 0 Å². The predicted molar refractivity (Wildman–Crippen MR) is 72.1 cm³/mol. The molecule has 4 heteroatoms. The zero-order chi connectivity index (χ0) is 13.3. The maximum Gasteiger partial charge on any atom is 0.195 e. The van der Waals surface area contributed by atoms with E-state index in [0.717, 1.165) is 0 Å². The van der Waals surface area contributed by atoms with Crippen LogP contribution in [-0.2, 0) is 0 Å². The molecule has 3 N–H and O–H groups in total. The Balaban J connectivity index is 2.55. The minimum atomic E-state index is -0.247. The number of hydrogen-bond acceptors (Lipinski definition) is 3. The van der Waals surface area contributed by atoms with Crippen molar-refractivity contribution in [2.75, 3.05) is 5.73 Å². The Hall–Kier alpha value is -2.00. The van der Waals surface area contributed by atoms with Crippen molar-refractivity contribution in [1.82, 2.24) is 0 Å². The molecule has 0 amide bonds. The van der Waals surface area contributed by atoms with Gasteiger partial charge in [-0.2, -0.15) is 0 Å². The Morgan fingerprint density at radius 2 is 1.94 bits per heavy atom. The highest BCUT2D eigenvalue weighted by atomic mass is 35.5. The molecule has 0 aliphatic carbocycles. The number of aromatic hydroxyl groups is 1. The molecule has 0 aliphatic heterocycles. The molecule has 0 unspecified atom stereocenters. The Morgan fingerprint density at radius 1 is 1.22 bits per heavy atom. The van der Waals surface area contributed by atoms with Crippen LogP contribution in [0.3, 0.4) is 0 Å². The summed E-state index contributed by atoms with van der Waals surface area (Å²) in [6, 6.07) is 9.56. The summed E-state index contributed by atoms with van der Waals surface area (Å²) in [5, 5.41) is 10.1. The van der Waals surface area contributed by atoms with E-state index in [1.54, 1.807) is 31.2 Å². The van der Waals surface area contributed by atoms with Gasteiger partial charge >= 0.3 is 0 Å². The highest BCUT2D eigenvalue weighted by Gasteiger charge is 2.16. The van der Waals surface area contributed by atoms with Gasteiger partial charge < -0.3 is 10.8 Å². The van der Waals surface area contributed by atoms with Gasteiger partial charge in [0.2, 0.25) is 0 Å². The van der Waals surface area contributed by atoms with Crippen molar-refractivity contribution in [2.45, 2.75) is 6.92 Å². The van der Waals surface area contributed by atoms with Crippen LogP contribution in [0.25, 0.3) is 0 Å². The zero-order valence-corrected chi connectivity index (χ0v) is 10.5. The van der Waals surface area contributed by atoms with E-state index < -0.39 is 0 Å². The van der Waals surface area contributed by atoms with E-state index in [2.05, 4.69) is 0 Å². The topological polar surface area (TPSA) is 63.3 Å². The number of rotatable bonds is 2. The Kier molecular flexibility index (Phi) is 3.26. The number of ketones is 1. The van der Waals surface area contributed by atoms with Gasteiger partial charge in [-0.15, -0.1) is 0 Å². The monoisotopic (exact) mass is 261 g/mol. The van der Waals surface area contributed by atoms with Gasteiger partial charge in [0.05, 0.1) is 0 Å². The third-order valence-electron chi connectivity index (χ3n) is 2.81. The number of phenolic OH excluding ortho intramolecular Hbond substituents is 1. The lowest BCUT2D eigenvalue weighted by Gasteiger charge is -2.09. The van der Waals surface area contributed by atoms with E-state index in [1.165, 1.54) is 12.1 Å². The number of anilines is 1. The van der Waals surface area contributed by atoms with Crippen LogP contribution in [0.1, 0.15) is 21.5 Å². The van der Waals surface area contributed by atoms with Crippen molar-refractivity contribution < 1.29 is 9.90 Å². The summed E-state index contributed by atoms with van der Waals surface area (Å²) in [7, 11) is 0. The van der Waals surface area contributed by atoms with Crippen LogP contribution in [0.15, 0.2) is 36.4 Å². The number of phenols is 1. The van der Waals surface area contributed by atoms with Crippen molar-refractivity contribution >= 4 is 23.1 Å². The van der Waals surface area contributed by atoms with Crippen molar-refractivity contribution in [3.05, 3.63) is 58.1 Å². The molecule has 0 aromatic heterocycles. The molecule has 0 radical (unpaired) electrons. The molecule has 0 heterocycles. The standard InChI is InChI=1S/C14H12ClNO2/c1-8-10(3-2-4-13(8)17)14(18)11-7-9(15)5-6-12(11)16/h2-7,17H,16H2,1H3. The van der Waals surface area contributed by atoms with Crippen molar-refractivity contribution in [1.29, 1.82) is 0 Å². The molecule has 3 nitrogen and oxygen atoms in total. The van der Waals surface area contributed by atoms with Crippen LogP contribution in [0.4, 0.5) is 5.69 Å². The number of halogens is 1. The molecule has 0 bridgehead atoms. The van der Waals surface area contributed by atoms with Gasteiger partial charge in [0.15, 0.2) is 5.78 Å². The molecule has 2 aromatic rings. The minimum absolute atomic E-state index is 0.0847. The molecule has 2 rings (SSSR count). The molecule has 92 valence electrons. The summed E-state index contributed by atoms with van der Waals surface area (Å²) >= 11 is 5.86. The highest BCUT2D eigenvalue weighted by Crippen LogP contribution is 2.25. The molecule has 0 saturated heterocycles. The van der Waals surface area contributed by atoms with Gasteiger partial charge in [-0.3, -0.25) is 4.79 Å². The highest BCUT2D eigenvalue weighted by molar-refractivity contribution is 6.31. The number of carbonyl (C=O) groups excluding carboxylic acids is 1. The summed E-state index contributed by atoms with van der Waals surface area (Å²) in [6.07, 6.45) is 0. The van der Waals surface area contributed by atoms with Gasteiger partial charge in [0.1, 0.15) is 5.75 Å². The number of benzene rings is 2. The van der Waals surface area contributed by atoms with Gasteiger partial charge in [-0.1, -0.05) is 23.7 Å². The molecule has 2 aromatic carbocycles. The molecule has 0 aliphatic rings. The van der Waals surface area contributed by atoms with Crippen molar-refractivity contribution in [2.24, 2.45) is 0 Å². The fraction of sp³-hybridized carbons (Fsp3) is 0.0714. The minimum Gasteiger partial charge on any atom is -0.508 e. The maximum atomic E-state index is 12.3. The average Bonchev–Trinajstić information content (AvgIpc) is 2.35. The number of nitrogens with two attached hydrogens (primary N) is 1. The smallest absolute Gasteiger partial charge is 0.195 e. The summed E-state index contributed by atoms with van der Waals surface area (Å²) in [5.41, 5.74) is 7.44. The van der Waals surface area contributed by atoms with Gasteiger partial charge in [0, 0.05) is 27.4 Å². The van der Waals surface area contributed by atoms with E-state index in [1.807, 2.05) is 0 Å². The van der Waals surface area contributed by atoms with E-state index in [-0.39, 0.29) is 11.5 Å². The zero-order valence-electron chi connectivity index (χ0n) is 9.77. The fourth-order valence-electron chi connectivity index (χ4n) is 1.74. The summed E-state index contributed by atoms with van der Waals surface area (Å²) in [6.45, 7) is 1.68. The first-order valence-electron chi connectivity index (χ1n) is 5.39. The van der Waals surface area contributed by atoms with Gasteiger partial charge in [-0.25, -0.2) is 0 Å². The number of carbonyl (C=O) groups is 1. The second-order valence-corrected chi connectivity index (χ2v) is 4.45. The fourth-order valence-corrected chi connectivity index (χ4v) is 1.91. The van der Waals surface area contributed by atoms with Crippen LogP contribution in [0, 0.1) is 6.92 Å². The lowest BCUT2D eigenvalue weighted by atomic mass is 9.97. The van der Waals surface area contributed by atoms with Crippen LogP contribution >= 0.6 is 11.6 Å². The predicted octanol–water partition coefficient (Wildman–Crippen LogP) is 3.17. The first-order valence-corrected chi connectivity index (χ1v) is 5.77.